The third-order valence-corrected chi connectivity index (χ3v) is 3.41. The van der Waals surface area contributed by atoms with Crippen molar-refractivity contribution in [2.45, 2.75) is 63.9 Å². The summed E-state index contributed by atoms with van der Waals surface area (Å²) in [7, 11) is 0. The van der Waals surface area contributed by atoms with E-state index in [1.165, 1.54) is 0 Å². The van der Waals surface area contributed by atoms with Crippen molar-refractivity contribution in [3.63, 3.8) is 0 Å². The monoisotopic (exact) mass is 273 g/mol. The summed E-state index contributed by atoms with van der Waals surface area (Å²) >= 11 is 0. The summed E-state index contributed by atoms with van der Waals surface area (Å²) in [5.41, 5.74) is 0.391. The van der Waals surface area contributed by atoms with E-state index in [2.05, 4.69) is 5.16 Å². The Kier molecular flexibility index (Phi) is 2.88. The molecule has 0 bridgehead atoms. The third-order valence-electron chi connectivity index (χ3n) is 3.41. The maximum Gasteiger partial charge on any atom is 0.193 e. The van der Waals surface area contributed by atoms with Crippen LogP contribution in [0.5, 0.6) is 0 Å². The average Bonchev–Trinajstić information content (AvgIpc) is 2.87. The van der Waals surface area contributed by atoms with Gasteiger partial charge in [0.15, 0.2) is 24.0 Å². The molecule has 3 aliphatic rings. The average molecular weight is 273 g/mol. The highest BCUT2D eigenvalue weighted by Crippen LogP contribution is 2.39. The molecule has 1 N–H and O–H groups in total. The first-order valence-corrected chi connectivity index (χ1v) is 6.36. The van der Waals surface area contributed by atoms with E-state index < -0.39 is 30.1 Å². The van der Waals surface area contributed by atoms with Gasteiger partial charge in [-0.1, -0.05) is 5.16 Å². The Hall–Kier alpha value is -0.730. The molecule has 0 aliphatic carbocycles. The Bertz CT molecular complexity index is 407. The molecule has 0 amide bonds. The molecule has 0 unspecified atom stereocenters. The molecule has 19 heavy (non-hydrogen) atoms. The molecule has 7 heteroatoms. The van der Waals surface area contributed by atoms with Crippen LogP contribution >= 0.6 is 0 Å². The van der Waals surface area contributed by atoms with Crippen LogP contribution in [-0.2, 0) is 23.7 Å². The minimum atomic E-state index is -0.747. The van der Waals surface area contributed by atoms with E-state index in [1.807, 2.05) is 13.8 Å². The van der Waals surface area contributed by atoms with Gasteiger partial charge in [0.05, 0.1) is 6.61 Å². The van der Waals surface area contributed by atoms with Crippen molar-refractivity contribution >= 4 is 5.71 Å². The van der Waals surface area contributed by atoms with Crippen molar-refractivity contribution in [1.82, 2.24) is 0 Å². The van der Waals surface area contributed by atoms with E-state index in [1.54, 1.807) is 13.8 Å². The lowest BCUT2D eigenvalue weighted by Crippen LogP contribution is -2.39. The van der Waals surface area contributed by atoms with Gasteiger partial charge in [-0.25, -0.2) is 0 Å². The van der Waals surface area contributed by atoms with Crippen LogP contribution in [0, 0.1) is 0 Å². The van der Waals surface area contributed by atoms with E-state index >= 15 is 0 Å². The summed E-state index contributed by atoms with van der Waals surface area (Å²) in [6.07, 6.45) is -1.92. The highest BCUT2D eigenvalue weighted by atomic mass is 16.8. The van der Waals surface area contributed by atoms with Crippen molar-refractivity contribution in [1.29, 1.82) is 0 Å². The number of fused-ring (bicyclic) bond motifs is 1. The second-order valence-corrected chi connectivity index (χ2v) is 5.87. The van der Waals surface area contributed by atoms with E-state index in [4.69, 9.17) is 23.7 Å². The number of rotatable bonds is 1. The fraction of sp³-hybridized carbons (Fsp3) is 0.917. The van der Waals surface area contributed by atoms with Gasteiger partial charge >= 0.3 is 0 Å². The highest BCUT2D eigenvalue weighted by molar-refractivity contribution is 5.95. The molecule has 0 aromatic carbocycles. The van der Waals surface area contributed by atoms with Gasteiger partial charge in [0.25, 0.3) is 0 Å². The Morgan fingerprint density at radius 1 is 1.05 bits per heavy atom. The van der Waals surface area contributed by atoms with Gasteiger partial charge in [0.1, 0.15) is 17.9 Å². The fourth-order valence-corrected chi connectivity index (χ4v) is 2.66. The summed E-state index contributed by atoms with van der Waals surface area (Å²) in [6, 6.07) is 0. The zero-order valence-corrected chi connectivity index (χ0v) is 11.5. The van der Waals surface area contributed by atoms with Gasteiger partial charge < -0.3 is 28.9 Å². The number of hydrogen-bond acceptors (Lipinski definition) is 7. The molecule has 0 aromatic heterocycles. The number of oxime groups is 1. The molecular formula is C12H19NO6. The predicted octanol–water partition coefficient (Wildman–Crippen LogP) is 0.845. The minimum Gasteiger partial charge on any atom is -0.411 e. The molecule has 108 valence electrons. The molecule has 0 radical (unpaired) electrons. The van der Waals surface area contributed by atoms with Crippen LogP contribution in [0.15, 0.2) is 5.16 Å². The topological polar surface area (TPSA) is 78.7 Å². The zero-order valence-electron chi connectivity index (χ0n) is 11.5. The molecule has 3 fully saturated rings. The quantitative estimate of drug-likeness (QED) is 0.563. The van der Waals surface area contributed by atoms with Crippen molar-refractivity contribution in [2.75, 3.05) is 6.61 Å². The number of hydrogen-bond donors (Lipinski definition) is 1. The maximum absolute atomic E-state index is 9.22. The van der Waals surface area contributed by atoms with Crippen LogP contribution in [0.4, 0.5) is 0 Å². The highest BCUT2D eigenvalue weighted by Gasteiger charge is 2.56. The summed E-state index contributed by atoms with van der Waals surface area (Å²) in [6.45, 7) is 7.61. The lowest BCUT2D eigenvalue weighted by atomic mass is 10.1. The summed E-state index contributed by atoms with van der Waals surface area (Å²) in [5, 5.41) is 12.5. The zero-order chi connectivity index (χ0) is 13.8. The van der Waals surface area contributed by atoms with E-state index in [9.17, 15) is 5.21 Å². The maximum atomic E-state index is 9.22. The molecule has 7 nitrogen and oxygen atoms in total. The third kappa shape index (κ3) is 2.25. The van der Waals surface area contributed by atoms with Crippen LogP contribution in [0.1, 0.15) is 27.7 Å². The van der Waals surface area contributed by atoms with Crippen molar-refractivity contribution in [3.8, 4) is 0 Å². The molecule has 3 saturated heterocycles. The molecule has 0 saturated carbocycles. The lowest BCUT2D eigenvalue weighted by molar-refractivity contribution is -0.211. The summed E-state index contributed by atoms with van der Waals surface area (Å²) in [5.74, 6) is -1.41. The largest absolute Gasteiger partial charge is 0.411 e. The molecule has 3 rings (SSSR count). The van der Waals surface area contributed by atoms with Crippen LogP contribution in [0.3, 0.4) is 0 Å². The standard InChI is InChI=1S/C12H19NO6/c1-11(2)15-5-6(17-11)8-7(13-14)9-10(16-8)19-12(3,4)18-9/h6,8-10,14H,5H2,1-4H3/t6-,8+,9+,10-/m1/s1. The molecule has 3 heterocycles. The Labute approximate surface area is 111 Å². The molecule has 0 spiro atoms. The number of ether oxygens (including phenoxy) is 5. The van der Waals surface area contributed by atoms with E-state index in [0.717, 1.165) is 0 Å². The van der Waals surface area contributed by atoms with Crippen LogP contribution < -0.4 is 0 Å². The first-order chi connectivity index (χ1) is 8.81. The Balaban J connectivity index is 1.76. The summed E-state index contributed by atoms with van der Waals surface area (Å²) < 4.78 is 28.3. The van der Waals surface area contributed by atoms with E-state index in [-0.39, 0.29) is 6.10 Å². The number of nitrogens with zero attached hydrogens (tertiary/aromatic N) is 1. The fourth-order valence-electron chi connectivity index (χ4n) is 2.66. The molecule has 4 atom stereocenters. The van der Waals surface area contributed by atoms with Crippen LogP contribution in [-0.4, -0.2) is 53.7 Å². The van der Waals surface area contributed by atoms with Crippen LogP contribution in [0.2, 0.25) is 0 Å². The Morgan fingerprint density at radius 2 is 1.79 bits per heavy atom. The SMILES string of the molecule is CC1(C)OC[C@H]([C@@H]2O[C@@H]3OC(C)(C)O[C@H]3C2=NO)O1. The van der Waals surface area contributed by atoms with Gasteiger partial charge in [-0.2, -0.15) is 0 Å². The second-order valence-electron chi connectivity index (χ2n) is 5.87. The normalized spacial score (nSPS) is 45.8. The van der Waals surface area contributed by atoms with Crippen LogP contribution in [0.25, 0.3) is 0 Å². The van der Waals surface area contributed by atoms with Crippen molar-refractivity contribution in [2.24, 2.45) is 5.16 Å². The second kappa shape index (κ2) is 4.13. The van der Waals surface area contributed by atoms with E-state index in [0.29, 0.717) is 12.3 Å². The molecule has 0 aromatic rings. The molecular weight excluding hydrogens is 254 g/mol. The molecule has 3 aliphatic heterocycles. The van der Waals surface area contributed by atoms with Gasteiger partial charge in [-0.3, -0.25) is 0 Å². The van der Waals surface area contributed by atoms with Gasteiger partial charge in [-0.15, -0.1) is 0 Å². The summed E-state index contributed by atoms with van der Waals surface area (Å²) in [4.78, 5) is 0. The van der Waals surface area contributed by atoms with Gasteiger partial charge in [0.2, 0.25) is 0 Å². The van der Waals surface area contributed by atoms with Gasteiger partial charge in [0, 0.05) is 0 Å². The predicted molar refractivity (Wildman–Crippen MR) is 62.8 cm³/mol. The minimum absolute atomic E-state index is 0.332. The first-order valence-electron chi connectivity index (χ1n) is 6.36. The van der Waals surface area contributed by atoms with Crippen molar-refractivity contribution in [3.05, 3.63) is 0 Å². The smallest absolute Gasteiger partial charge is 0.193 e. The lowest BCUT2D eigenvalue weighted by Gasteiger charge is -2.24. The Morgan fingerprint density at radius 3 is 2.37 bits per heavy atom. The van der Waals surface area contributed by atoms with Crippen molar-refractivity contribution < 1.29 is 28.9 Å². The van der Waals surface area contributed by atoms with Gasteiger partial charge in [-0.05, 0) is 27.7 Å². The first kappa shape index (κ1) is 13.3.